The number of fused-ring (bicyclic) bond motifs is 1. The highest BCUT2D eigenvalue weighted by Crippen LogP contribution is 2.38. The van der Waals surface area contributed by atoms with E-state index in [2.05, 4.69) is 30.7 Å². The molecule has 4 aromatic rings. The van der Waals surface area contributed by atoms with Gasteiger partial charge in [0.25, 0.3) is 30.4 Å². The van der Waals surface area contributed by atoms with Gasteiger partial charge >= 0.3 is 0 Å². The van der Waals surface area contributed by atoms with Crippen LogP contribution in [-0.2, 0) is 30.4 Å². The number of ether oxygens (including phenoxy) is 3. The fourth-order valence-corrected chi connectivity index (χ4v) is 6.75. The minimum atomic E-state index is -4.72. The van der Waals surface area contributed by atoms with Crippen molar-refractivity contribution in [3.8, 4) is 17.2 Å². The van der Waals surface area contributed by atoms with Gasteiger partial charge in [-0.2, -0.15) is 50.8 Å². The Morgan fingerprint density at radius 2 is 1.22 bits per heavy atom. The summed E-state index contributed by atoms with van der Waals surface area (Å²) in [4.78, 5) is -0.443. The zero-order valence-electron chi connectivity index (χ0n) is 29.4. The van der Waals surface area contributed by atoms with Gasteiger partial charge < -0.3 is 14.2 Å². The summed E-state index contributed by atoms with van der Waals surface area (Å²) >= 11 is 0. The second-order valence-corrected chi connectivity index (χ2v) is 16.2. The molecule has 54 heavy (non-hydrogen) atoms. The maximum absolute atomic E-state index is 12.3. The number of azo groups is 3. The van der Waals surface area contributed by atoms with Crippen LogP contribution in [-0.4, -0.2) is 77.8 Å². The number of hydrogen-bond donors (Lipinski definition) is 3. The van der Waals surface area contributed by atoms with E-state index in [0.29, 0.717) is 40.3 Å². The predicted molar refractivity (Wildman–Crippen MR) is 199 cm³/mol. The molecule has 290 valence electrons. The molecule has 0 saturated heterocycles. The second kappa shape index (κ2) is 18.4. The molecule has 0 amide bonds. The van der Waals surface area contributed by atoms with Crippen LogP contribution < -0.4 is 14.2 Å². The topological polar surface area (TPSA) is 265 Å². The quantitative estimate of drug-likeness (QED) is 0.0462. The van der Waals surface area contributed by atoms with Crippen molar-refractivity contribution in [2.45, 2.75) is 37.5 Å². The first-order valence-corrected chi connectivity index (χ1v) is 20.8. The number of nitrogens with zero attached hydrogens (tertiary/aromatic N) is 6. The van der Waals surface area contributed by atoms with E-state index in [1.165, 1.54) is 26.3 Å². The zero-order chi connectivity index (χ0) is 39.5. The molecule has 0 aliphatic heterocycles. The SMILES string of the molecule is CN=Nc1cc(C)c(N=Nc2ccc(N=Nc3ccc4cc(OCCCCS(=O)(=O)O)cc(S(=O)(=O)O)c4c3)cc2OCCCCS(=O)(=O)O)cc1OC. The van der Waals surface area contributed by atoms with E-state index >= 15 is 0 Å². The Morgan fingerprint density at radius 3 is 1.83 bits per heavy atom. The molecule has 4 rings (SSSR count). The van der Waals surface area contributed by atoms with E-state index in [1.807, 2.05) is 6.92 Å². The highest BCUT2D eigenvalue weighted by molar-refractivity contribution is 7.86. The molecule has 21 heteroatoms. The lowest BCUT2D eigenvalue weighted by Gasteiger charge is -2.11. The van der Waals surface area contributed by atoms with Gasteiger partial charge in [-0.1, -0.05) is 6.07 Å². The normalized spacial score (nSPS) is 12.7. The Balaban J connectivity index is 1.61. The molecule has 0 aromatic heterocycles. The van der Waals surface area contributed by atoms with Crippen LogP contribution in [0.4, 0.5) is 28.4 Å². The standard InChI is InChI=1S/C33H38N6O12S3/c1-22-16-30(37-34-2)31(49-3)21-29(22)39-38-28-11-10-25(19-32(28)51-13-5-7-15-53(43,44)45)36-35-24-9-8-23-17-26(50-12-4-6-14-52(40,41)42)20-33(27(23)18-24)54(46,47)48/h8-11,16-21H,4-7,12-15H2,1-3H3,(H,40,41,42)(H,43,44,45)(H,46,47,48). The van der Waals surface area contributed by atoms with Gasteiger partial charge in [-0.05, 0) is 80.0 Å². The summed E-state index contributed by atoms with van der Waals surface area (Å²) in [6, 6.07) is 15.3. The molecule has 4 aromatic carbocycles. The summed E-state index contributed by atoms with van der Waals surface area (Å²) in [7, 11) is -9.94. The Labute approximate surface area is 312 Å². The van der Waals surface area contributed by atoms with Crippen LogP contribution in [0.3, 0.4) is 0 Å². The molecule has 0 spiro atoms. The highest BCUT2D eigenvalue weighted by atomic mass is 32.2. The summed E-state index contributed by atoms with van der Waals surface area (Å²) in [5.41, 5.74) is 2.59. The van der Waals surface area contributed by atoms with Crippen LogP contribution in [0.1, 0.15) is 31.2 Å². The summed E-state index contributed by atoms with van der Waals surface area (Å²) in [6.45, 7) is 1.92. The fraction of sp³-hybridized carbons (Fsp3) is 0.333. The molecule has 18 nitrogen and oxygen atoms in total. The molecular formula is C33H38N6O12S3. The van der Waals surface area contributed by atoms with Crippen molar-refractivity contribution in [2.24, 2.45) is 30.7 Å². The maximum atomic E-state index is 12.3. The Morgan fingerprint density at radius 1 is 0.611 bits per heavy atom. The average Bonchev–Trinajstić information content (AvgIpc) is 3.09. The first kappa shape index (κ1) is 41.8. The molecular weight excluding hydrogens is 769 g/mol. The molecule has 0 aliphatic rings. The van der Waals surface area contributed by atoms with Crippen LogP contribution in [0.25, 0.3) is 10.8 Å². The minimum Gasteiger partial charge on any atom is -0.494 e. The number of benzene rings is 4. The lowest BCUT2D eigenvalue weighted by molar-refractivity contribution is 0.308. The van der Waals surface area contributed by atoms with E-state index < -0.39 is 46.8 Å². The highest BCUT2D eigenvalue weighted by Gasteiger charge is 2.17. The van der Waals surface area contributed by atoms with Crippen molar-refractivity contribution in [1.29, 1.82) is 0 Å². The maximum Gasteiger partial charge on any atom is 0.295 e. The fourth-order valence-electron chi connectivity index (χ4n) is 4.90. The van der Waals surface area contributed by atoms with E-state index in [1.54, 1.807) is 42.5 Å². The van der Waals surface area contributed by atoms with E-state index in [-0.39, 0.29) is 55.0 Å². The molecule has 3 N–H and O–H groups in total. The largest absolute Gasteiger partial charge is 0.494 e. The molecule has 0 saturated carbocycles. The third-order valence-electron chi connectivity index (χ3n) is 7.47. The third kappa shape index (κ3) is 12.9. The summed E-state index contributed by atoms with van der Waals surface area (Å²) in [5, 5.41) is 25.6. The van der Waals surface area contributed by atoms with Crippen molar-refractivity contribution in [2.75, 3.05) is 38.9 Å². The van der Waals surface area contributed by atoms with Crippen LogP contribution >= 0.6 is 0 Å². The van der Waals surface area contributed by atoms with Gasteiger partial charge in [-0.25, -0.2) is 0 Å². The molecule has 0 bridgehead atoms. The van der Waals surface area contributed by atoms with E-state index in [4.69, 9.17) is 23.3 Å². The van der Waals surface area contributed by atoms with Crippen molar-refractivity contribution in [3.63, 3.8) is 0 Å². The van der Waals surface area contributed by atoms with Crippen LogP contribution in [0.2, 0.25) is 0 Å². The van der Waals surface area contributed by atoms with Crippen molar-refractivity contribution >= 4 is 69.6 Å². The second-order valence-electron chi connectivity index (χ2n) is 11.6. The smallest absolute Gasteiger partial charge is 0.295 e. The van der Waals surface area contributed by atoms with Gasteiger partial charge in [0.1, 0.15) is 33.5 Å². The van der Waals surface area contributed by atoms with Gasteiger partial charge in [-0.15, -0.1) is 5.11 Å². The number of aryl methyl sites for hydroxylation is 1. The van der Waals surface area contributed by atoms with Crippen LogP contribution in [0.15, 0.2) is 96.2 Å². The van der Waals surface area contributed by atoms with Gasteiger partial charge in [0, 0.05) is 30.6 Å². The van der Waals surface area contributed by atoms with Gasteiger partial charge in [0.2, 0.25) is 0 Å². The Kier molecular flexibility index (Phi) is 14.3. The summed E-state index contributed by atoms with van der Waals surface area (Å²) < 4.78 is 113. The number of unbranched alkanes of at least 4 members (excludes halogenated alkanes) is 2. The third-order valence-corrected chi connectivity index (χ3v) is 9.97. The first-order chi connectivity index (χ1) is 25.5. The van der Waals surface area contributed by atoms with E-state index in [0.717, 1.165) is 11.6 Å². The van der Waals surface area contributed by atoms with Crippen LogP contribution in [0, 0.1) is 6.92 Å². The molecule has 0 unspecified atom stereocenters. The van der Waals surface area contributed by atoms with Crippen molar-refractivity contribution < 1.29 is 53.1 Å². The molecule has 0 radical (unpaired) electrons. The Hall–Kier alpha value is -4.93. The number of rotatable bonds is 19. The van der Waals surface area contributed by atoms with E-state index in [9.17, 15) is 29.8 Å². The molecule has 0 aliphatic carbocycles. The number of hydrogen-bond acceptors (Lipinski definition) is 15. The minimum absolute atomic E-state index is 0.0304. The predicted octanol–water partition coefficient (Wildman–Crippen LogP) is 8.04. The molecule has 0 fully saturated rings. The van der Waals surface area contributed by atoms with Gasteiger partial charge in [0.05, 0.1) is 48.9 Å². The van der Waals surface area contributed by atoms with Crippen molar-refractivity contribution in [1.82, 2.24) is 0 Å². The lowest BCUT2D eigenvalue weighted by atomic mass is 10.1. The lowest BCUT2D eigenvalue weighted by Crippen LogP contribution is -2.06. The summed E-state index contributed by atoms with van der Waals surface area (Å²) in [6.07, 6.45) is 0.827. The van der Waals surface area contributed by atoms with Crippen LogP contribution in [0.5, 0.6) is 17.2 Å². The molecule has 0 atom stereocenters. The zero-order valence-corrected chi connectivity index (χ0v) is 31.8. The Bertz CT molecular complexity index is 2400. The molecule has 0 heterocycles. The first-order valence-electron chi connectivity index (χ1n) is 16.1. The van der Waals surface area contributed by atoms with Crippen molar-refractivity contribution in [3.05, 3.63) is 66.2 Å². The number of methoxy groups -OCH3 is 1. The van der Waals surface area contributed by atoms with Gasteiger partial charge in [-0.3, -0.25) is 13.7 Å². The van der Waals surface area contributed by atoms with Gasteiger partial charge in [0.15, 0.2) is 0 Å². The summed E-state index contributed by atoms with van der Waals surface area (Å²) in [5.74, 6) is -0.0765. The average molecular weight is 807 g/mol. The monoisotopic (exact) mass is 806 g/mol.